The molecule has 4 nitrogen and oxygen atoms in total. The molecule has 0 aliphatic heterocycles. The van der Waals surface area contributed by atoms with Crippen LogP contribution in [0.1, 0.15) is 35.1 Å². The molecule has 0 saturated heterocycles. The van der Waals surface area contributed by atoms with Gasteiger partial charge in [0.25, 0.3) is 5.91 Å². The predicted molar refractivity (Wildman–Crippen MR) is 75.2 cm³/mol. The summed E-state index contributed by atoms with van der Waals surface area (Å²) in [5, 5.41) is 2.81. The number of nitrogens with one attached hydrogen (secondary N) is 1. The molecule has 0 radical (unpaired) electrons. The normalized spacial score (nSPS) is 10.2. The van der Waals surface area contributed by atoms with Gasteiger partial charge in [-0.3, -0.25) is 9.78 Å². The van der Waals surface area contributed by atoms with Gasteiger partial charge in [0.05, 0.1) is 11.9 Å². The first-order chi connectivity index (χ1) is 9.19. The first-order valence-electron chi connectivity index (χ1n) is 6.38. The zero-order valence-corrected chi connectivity index (χ0v) is 11.2. The number of benzene rings is 1. The van der Waals surface area contributed by atoms with E-state index in [1.807, 2.05) is 31.2 Å². The molecule has 4 heteroatoms. The molecule has 1 aromatic heterocycles. The molecule has 0 fully saturated rings. The zero-order valence-electron chi connectivity index (χ0n) is 11.2. The third-order valence-corrected chi connectivity index (χ3v) is 2.76. The SMILES string of the molecule is CCCc1ccc(NC(=O)c2cnc(C)cn2)cc1. The highest BCUT2D eigenvalue weighted by atomic mass is 16.1. The smallest absolute Gasteiger partial charge is 0.275 e. The summed E-state index contributed by atoms with van der Waals surface area (Å²) in [6.45, 7) is 3.98. The van der Waals surface area contributed by atoms with Crippen molar-refractivity contribution in [1.29, 1.82) is 0 Å². The Kier molecular flexibility index (Phi) is 4.23. The standard InChI is InChI=1S/C15H17N3O/c1-3-4-12-5-7-13(8-6-12)18-15(19)14-10-16-11(2)9-17-14/h5-10H,3-4H2,1-2H3,(H,18,19). The fourth-order valence-electron chi connectivity index (χ4n) is 1.75. The zero-order chi connectivity index (χ0) is 13.7. The maximum Gasteiger partial charge on any atom is 0.275 e. The van der Waals surface area contributed by atoms with E-state index in [9.17, 15) is 4.79 Å². The topological polar surface area (TPSA) is 54.9 Å². The van der Waals surface area contributed by atoms with Gasteiger partial charge in [-0.25, -0.2) is 4.98 Å². The maximum atomic E-state index is 11.9. The number of aryl methyl sites for hydroxylation is 2. The van der Waals surface area contributed by atoms with Gasteiger partial charge in [0.2, 0.25) is 0 Å². The fraction of sp³-hybridized carbons (Fsp3) is 0.267. The van der Waals surface area contributed by atoms with Crippen LogP contribution in [0.25, 0.3) is 0 Å². The summed E-state index contributed by atoms with van der Waals surface area (Å²) in [6, 6.07) is 7.87. The third kappa shape index (κ3) is 3.61. The first kappa shape index (κ1) is 13.2. The highest BCUT2D eigenvalue weighted by Crippen LogP contribution is 2.12. The van der Waals surface area contributed by atoms with Gasteiger partial charge in [0.15, 0.2) is 0 Å². The number of rotatable bonds is 4. The number of amides is 1. The van der Waals surface area contributed by atoms with E-state index in [1.54, 1.807) is 6.20 Å². The Hall–Kier alpha value is -2.23. The lowest BCUT2D eigenvalue weighted by Gasteiger charge is -2.05. The molecule has 98 valence electrons. The Morgan fingerprint density at radius 1 is 1.16 bits per heavy atom. The fourth-order valence-corrected chi connectivity index (χ4v) is 1.75. The Labute approximate surface area is 112 Å². The van der Waals surface area contributed by atoms with Crippen LogP contribution in [0.15, 0.2) is 36.7 Å². The Bertz CT molecular complexity index is 547. The van der Waals surface area contributed by atoms with Crippen LogP contribution in [-0.4, -0.2) is 15.9 Å². The van der Waals surface area contributed by atoms with Crippen molar-refractivity contribution >= 4 is 11.6 Å². The van der Waals surface area contributed by atoms with Gasteiger partial charge in [-0.2, -0.15) is 0 Å². The van der Waals surface area contributed by atoms with E-state index in [2.05, 4.69) is 22.2 Å². The number of hydrogen-bond donors (Lipinski definition) is 1. The number of carbonyl (C=O) groups is 1. The molecule has 19 heavy (non-hydrogen) atoms. The second-order valence-corrected chi connectivity index (χ2v) is 4.44. The second kappa shape index (κ2) is 6.09. The molecule has 2 aromatic rings. The van der Waals surface area contributed by atoms with E-state index in [4.69, 9.17) is 0 Å². The summed E-state index contributed by atoms with van der Waals surface area (Å²) >= 11 is 0. The molecule has 1 aromatic carbocycles. The molecule has 0 saturated carbocycles. The van der Waals surface area contributed by atoms with Crippen molar-refractivity contribution in [2.75, 3.05) is 5.32 Å². The molecule has 0 unspecified atom stereocenters. The van der Waals surface area contributed by atoms with E-state index in [1.165, 1.54) is 11.8 Å². The number of anilines is 1. The Morgan fingerprint density at radius 3 is 2.47 bits per heavy atom. The van der Waals surface area contributed by atoms with E-state index in [-0.39, 0.29) is 5.91 Å². The van der Waals surface area contributed by atoms with Crippen LogP contribution in [0.4, 0.5) is 5.69 Å². The molecule has 0 aliphatic rings. The van der Waals surface area contributed by atoms with Gasteiger partial charge < -0.3 is 5.32 Å². The first-order valence-corrected chi connectivity index (χ1v) is 6.38. The van der Waals surface area contributed by atoms with Crippen molar-refractivity contribution < 1.29 is 4.79 Å². The van der Waals surface area contributed by atoms with Crippen LogP contribution < -0.4 is 5.32 Å². The minimum Gasteiger partial charge on any atom is -0.321 e. The maximum absolute atomic E-state index is 11.9. The highest BCUT2D eigenvalue weighted by Gasteiger charge is 2.07. The lowest BCUT2D eigenvalue weighted by molar-refractivity contribution is 0.102. The number of nitrogens with zero attached hydrogens (tertiary/aromatic N) is 2. The molecular weight excluding hydrogens is 238 g/mol. The number of carbonyl (C=O) groups excluding carboxylic acids is 1. The molecular formula is C15H17N3O. The van der Waals surface area contributed by atoms with E-state index in [0.717, 1.165) is 24.2 Å². The summed E-state index contributed by atoms with van der Waals surface area (Å²) < 4.78 is 0. The lowest BCUT2D eigenvalue weighted by atomic mass is 10.1. The summed E-state index contributed by atoms with van der Waals surface area (Å²) in [6.07, 6.45) is 5.23. The van der Waals surface area contributed by atoms with Crippen molar-refractivity contribution in [2.24, 2.45) is 0 Å². The monoisotopic (exact) mass is 255 g/mol. The molecule has 0 atom stereocenters. The molecule has 0 spiro atoms. The number of hydrogen-bond acceptors (Lipinski definition) is 3. The van der Waals surface area contributed by atoms with Crippen LogP contribution >= 0.6 is 0 Å². The predicted octanol–water partition coefficient (Wildman–Crippen LogP) is 2.99. The minimum atomic E-state index is -0.240. The van der Waals surface area contributed by atoms with Crippen molar-refractivity contribution in [3.05, 3.63) is 53.6 Å². The second-order valence-electron chi connectivity index (χ2n) is 4.44. The molecule has 1 N–H and O–H groups in total. The van der Waals surface area contributed by atoms with Crippen LogP contribution in [-0.2, 0) is 6.42 Å². The molecule has 0 bridgehead atoms. The molecule has 1 heterocycles. The van der Waals surface area contributed by atoms with Gasteiger partial charge in [0, 0.05) is 11.9 Å². The largest absolute Gasteiger partial charge is 0.321 e. The van der Waals surface area contributed by atoms with Crippen molar-refractivity contribution in [3.8, 4) is 0 Å². The minimum absolute atomic E-state index is 0.240. The quantitative estimate of drug-likeness (QED) is 0.913. The molecule has 1 amide bonds. The van der Waals surface area contributed by atoms with Crippen LogP contribution in [0.3, 0.4) is 0 Å². The molecule has 0 aliphatic carbocycles. The van der Waals surface area contributed by atoms with Gasteiger partial charge in [0.1, 0.15) is 5.69 Å². The van der Waals surface area contributed by atoms with E-state index < -0.39 is 0 Å². The van der Waals surface area contributed by atoms with Crippen LogP contribution in [0.2, 0.25) is 0 Å². The summed E-state index contributed by atoms with van der Waals surface area (Å²) in [4.78, 5) is 20.0. The lowest BCUT2D eigenvalue weighted by Crippen LogP contribution is -2.14. The molecule has 2 rings (SSSR count). The summed E-state index contributed by atoms with van der Waals surface area (Å²) in [5.41, 5.74) is 3.16. The Morgan fingerprint density at radius 2 is 1.89 bits per heavy atom. The Balaban J connectivity index is 2.04. The van der Waals surface area contributed by atoms with Crippen LogP contribution in [0, 0.1) is 6.92 Å². The van der Waals surface area contributed by atoms with E-state index in [0.29, 0.717) is 5.69 Å². The third-order valence-electron chi connectivity index (χ3n) is 2.76. The van der Waals surface area contributed by atoms with Crippen LogP contribution in [0.5, 0.6) is 0 Å². The summed E-state index contributed by atoms with van der Waals surface area (Å²) in [5.74, 6) is -0.240. The van der Waals surface area contributed by atoms with Gasteiger partial charge in [-0.05, 0) is 31.0 Å². The van der Waals surface area contributed by atoms with Crippen molar-refractivity contribution in [1.82, 2.24) is 9.97 Å². The number of aromatic nitrogens is 2. The van der Waals surface area contributed by atoms with Gasteiger partial charge >= 0.3 is 0 Å². The van der Waals surface area contributed by atoms with Gasteiger partial charge in [-0.15, -0.1) is 0 Å². The van der Waals surface area contributed by atoms with E-state index >= 15 is 0 Å². The summed E-state index contributed by atoms with van der Waals surface area (Å²) in [7, 11) is 0. The van der Waals surface area contributed by atoms with Crippen molar-refractivity contribution in [2.45, 2.75) is 26.7 Å². The van der Waals surface area contributed by atoms with Gasteiger partial charge in [-0.1, -0.05) is 25.5 Å². The average Bonchev–Trinajstić information content (AvgIpc) is 2.42. The van der Waals surface area contributed by atoms with Crippen molar-refractivity contribution in [3.63, 3.8) is 0 Å². The average molecular weight is 255 g/mol. The highest BCUT2D eigenvalue weighted by molar-refractivity contribution is 6.02.